The van der Waals surface area contributed by atoms with Crippen LogP contribution >= 0.6 is 0 Å². The van der Waals surface area contributed by atoms with Gasteiger partial charge in [0.25, 0.3) is 0 Å². The van der Waals surface area contributed by atoms with E-state index in [4.69, 9.17) is 0 Å². The minimum absolute atomic E-state index is 0.739. The Labute approximate surface area is 99.5 Å². The molecule has 2 atom stereocenters. The minimum atomic E-state index is 0.739. The Bertz CT molecular complexity index is 335. The fourth-order valence-corrected chi connectivity index (χ4v) is 2.77. The average molecular weight is 217 g/mol. The molecule has 88 valence electrons. The Balaban J connectivity index is 2.11. The number of aryl methyl sites for hydroxylation is 1. The lowest BCUT2D eigenvalue weighted by Crippen LogP contribution is -2.43. The molecule has 2 unspecified atom stereocenters. The molecule has 1 aromatic rings. The van der Waals surface area contributed by atoms with Gasteiger partial charge in [-0.3, -0.25) is 4.90 Å². The van der Waals surface area contributed by atoms with Gasteiger partial charge in [-0.25, -0.2) is 0 Å². The molecular formula is C15H23N. The van der Waals surface area contributed by atoms with Crippen LogP contribution in [0.4, 0.5) is 0 Å². The zero-order valence-corrected chi connectivity index (χ0v) is 10.7. The maximum atomic E-state index is 2.66. The highest BCUT2D eigenvalue weighted by molar-refractivity contribution is 5.25. The Morgan fingerprint density at radius 3 is 2.38 bits per heavy atom. The normalized spacial score (nSPS) is 26.9. The van der Waals surface area contributed by atoms with Crippen molar-refractivity contribution in [2.45, 2.75) is 58.7 Å². The van der Waals surface area contributed by atoms with E-state index in [2.05, 4.69) is 49.9 Å². The standard InChI is InChI=1S/C15H23N/c1-12-7-4-5-10-15(12)11-16-13(2)8-6-9-14(16)3/h4-5,7,10,13-14H,6,8-9,11H2,1-3H3. The summed E-state index contributed by atoms with van der Waals surface area (Å²) in [4.78, 5) is 2.66. The number of piperidine rings is 1. The fraction of sp³-hybridized carbons (Fsp3) is 0.600. The molecule has 0 N–H and O–H groups in total. The molecule has 1 aliphatic rings. The van der Waals surface area contributed by atoms with Crippen LogP contribution in [0.2, 0.25) is 0 Å². The maximum absolute atomic E-state index is 2.66. The second-order valence-corrected chi connectivity index (χ2v) is 5.23. The van der Waals surface area contributed by atoms with Crippen LogP contribution in [0.3, 0.4) is 0 Å². The van der Waals surface area contributed by atoms with Crippen LogP contribution in [0, 0.1) is 6.92 Å². The van der Waals surface area contributed by atoms with E-state index in [0.29, 0.717) is 0 Å². The largest absolute Gasteiger partial charge is 0.294 e. The van der Waals surface area contributed by atoms with Gasteiger partial charge in [-0.15, -0.1) is 0 Å². The van der Waals surface area contributed by atoms with Gasteiger partial charge >= 0.3 is 0 Å². The van der Waals surface area contributed by atoms with Crippen molar-refractivity contribution < 1.29 is 0 Å². The zero-order chi connectivity index (χ0) is 11.5. The van der Waals surface area contributed by atoms with Gasteiger partial charge in [-0.05, 0) is 44.7 Å². The molecule has 1 aromatic carbocycles. The Hall–Kier alpha value is -0.820. The van der Waals surface area contributed by atoms with E-state index in [0.717, 1.165) is 18.6 Å². The first-order valence-electron chi connectivity index (χ1n) is 6.48. The summed E-state index contributed by atoms with van der Waals surface area (Å²) in [7, 11) is 0. The highest BCUT2D eigenvalue weighted by Crippen LogP contribution is 2.25. The summed E-state index contributed by atoms with van der Waals surface area (Å²) in [5.41, 5.74) is 2.91. The Morgan fingerprint density at radius 2 is 1.75 bits per heavy atom. The third kappa shape index (κ3) is 2.46. The summed E-state index contributed by atoms with van der Waals surface area (Å²) >= 11 is 0. The van der Waals surface area contributed by atoms with Gasteiger partial charge in [0.2, 0.25) is 0 Å². The lowest BCUT2D eigenvalue weighted by atomic mass is 9.96. The van der Waals surface area contributed by atoms with Crippen molar-refractivity contribution in [2.24, 2.45) is 0 Å². The van der Waals surface area contributed by atoms with E-state index in [1.807, 2.05) is 0 Å². The number of likely N-dealkylation sites (tertiary alicyclic amines) is 1. The van der Waals surface area contributed by atoms with E-state index in [-0.39, 0.29) is 0 Å². The second kappa shape index (κ2) is 5.01. The van der Waals surface area contributed by atoms with Gasteiger partial charge in [-0.1, -0.05) is 30.7 Å². The molecule has 1 fully saturated rings. The molecule has 0 aliphatic carbocycles. The zero-order valence-electron chi connectivity index (χ0n) is 10.7. The van der Waals surface area contributed by atoms with E-state index < -0.39 is 0 Å². The molecule has 1 aliphatic heterocycles. The molecule has 0 bridgehead atoms. The smallest absolute Gasteiger partial charge is 0.0242 e. The van der Waals surface area contributed by atoms with Gasteiger partial charge in [0.05, 0.1) is 0 Å². The fourth-order valence-electron chi connectivity index (χ4n) is 2.77. The predicted molar refractivity (Wildman–Crippen MR) is 69.5 cm³/mol. The minimum Gasteiger partial charge on any atom is -0.294 e. The quantitative estimate of drug-likeness (QED) is 0.729. The first kappa shape index (κ1) is 11.7. The van der Waals surface area contributed by atoms with E-state index >= 15 is 0 Å². The summed E-state index contributed by atoms with van der Waals surface area (Å²) in [5.74, 6) is 0. The maximum Gasteiger partial charge on any atom is 0.0242 e. The third-order valence-electron chi connectivity index (χ3n) is 3.99. The van der Waals surface area contributed by atoms with Crippen molar-refractivity contribution in [1.82, 2.24) is 4.90 Å². The van der Waals surface area contributed by atoms with Crippen LogP contribution < -0.4 is 0 Å². The number of rotatable bonds is 2. The van der Waals surface area contributed by atoms with Crippen LogP contribution in [0.15, 0.2) is 24.3 Å². The summed E-state index contributed by atoms with van der Waals surface area (Å²) in [6.45, 7) is 8.07. The van der Waals surface area contributed by atoms with Crippen LogP contribution in [-0.4, -0.2) is 17.0 Å². The Kier molecular flexibility index (Phi) is 3.65. The van der Waals surface area contributed by atoms with E-state index in [1.165, 1.54) is 30.4 Å². The van der Waals surface area contributed by atoms with Crippen molar-refractivity contribution in [3.05, 3.63) is 35.4 Å². The first-order chi connectivity index (χ1) is 7.68. The first-order valence-corrected chi connectivity index (χ1v) is 6.48. The van der Waals surface area contributed by atoms with Gasteiger partial charge in [0, 0.05) is 18.6 Å². The van der Waals surface area contributed by atoms with E-state index in [9.17, 15) is 0 Å². The molecule has 1 nitrogen and oxygen atoms in total. The lowest BCUT2D eigenvalue weighted by molar-refractivity contribution is 0.0951. The van der Waals surface area contributed by atoms with Crippen LogP contribution in [-0.2, 0) is 6.54 Å². The molecule has 0 amide bonds. The molecule has 0 spiro atoms. The summed E-state index contributed by atoms with van der Waals surface area (Å²) in [5, 5.41) is 0. The third-order valence-corrected chi connectivity index (χ3v) is 3.99. The van der Waals surface area contributed by atoms with Crippen LogP contribution in [0.5, 0.6) is 0 Å². The van der Waals surface area contributed by atoms with Gasteiger partial charge in [-0.2, -0.15) is 0 Å². The summed E-state index contributed by atoms with van der Waals surface area (Å²) < 4.78 is 0. The van der Waals surface area contributed by atoms with Gasteiger partial charge < -0.3 is 0 Å². The lowest BCUT2D eigenvalue weighted by Gasteiger charge is -2.39. The Morgan fingerprint density at radius 1 is 1.12 bits per heavy atom. The second-order valence-electron chi connectivity index (χ2n) is 5.23. The van der Waals surface area contributed by atoms with Crippen molar-refractivity contribution in [3.8, 4) is 0 Å². The summed E-state index contributed by atoms with van der Waals surface area (Å²) in [6, 6.07) is 10.2. The van der Waals surface area contributed by atoms with Gasteiger partial charge in [0.1, 0.15) is 0 Å². The molecule has 0 radical (unpaired) electrons. The van der Waals surface area contributed by atoms with Crippen molar-refractivity contribution in [3.63, 3.8) is 0 Å². The summed E-state index contributed by atoms with van der Waals surface area (Å²) in [6.07, 6.45) is 4.11. The SMILES string of the molecule is Cc1ccccc1CN1C(C)CCCC1C. The molecule has 0 aromatic heterocycles. The average Bonchev–Trinajstić information content (AvgIpc) is 2.26. The molecule has 16 heavy (non-hydrogen) atoms. The molecule has 0 saturated carbocycles. The van der Waals surface area contributed by atoms with Gasteiger partial charge in [0.15, 0.2) is 0 Å². The monoisotopic (exact) mass is 217 g/mol. The molecule has 2 rings (SSSR count). The van der Waals surface area contributed by atoms with Crippen LogP contribution in [0.25, 0.3) is 0 Å². The number of hydrogen-bond donors (Lipinski definition) is 0. The predicted octanol–water partition coefficient (Wildman–Crippen LogP) is 3.76. The number of hydrogen-bond acceptors (Lipinski definition) is 1. The van der Waals surface area contributed by atoms with Crippen molar-refractivity contribution in [2.75, 3.05) is 0 Å². The highest BCUT2D eigenvalue weighted by Gasteiger charge is 2.24. The molecular weight excluding hydrogens is 194 g/mol. The van der Waals surface area contributed by atoms with Crippen LogP contribution in [0.1, 0.15) is 44.2 Å². The van der Waals surface area contributed by atoms with Crippen molar-refractivity contribution >= 4 is 0 Å². The van der Waals surface area contributed by atoms with Crippen molar-refractivity contribution in [1.29, 1.82) is 0 Å². The highest BCUT2D eigenvalue weighted by atomic mass is 15.2. The molecule has 1 heteroatoms. The van der Waals surface area contributed by atoms with E-state index in [1.54, 1.807) is 0 Å². The number of benzene rings is 1. The molecule has 1 heterocycles. The number of nitrogens with zero attached hydrogens (tertiary/aromatic N) is 1. The molecule has 1 saturated heterocycles. The topological polar surface area (TPSA) is 3.24 Å².